The van der Waals surface area contributed by atoms with Crippen molar-refractivity contribution in [2.24, 2.45) is 0 Å². The van der Waals surface area contributed by atoms with Crippen LogP contribution in [-0.2, 0) is 12.8 Å². The average molecular weight is 843 g/mol. The molecule has 0 aliphatic heterocycles. The van der Waals surface area contributed by atoms with Crippen LogP contribution in [0.15, 0.2) is 207 Å². The van der Waals surface area contributed by atoms with E-state index in [1.54, 1.807) is 0 Å². The summed E-state index contributed by atoms with van der Waals surface area (Å²) in [6.45, 7) is 0. The van der Waals surface area contributed by atoms with E-state index in [-0.39, 0.29) is 0 Å². The van der Waals surface area contributed by atoms with E-state index in [2.05, 4.69) is 198 Å². The summed E-state index contributed by atoms with van der Waals surface area (Å²) >= 11 is 0. The van der Waals surface area contributed by atoms with E-state index < -0.39 is 0 Å². The van der Waals surface area contributed by atoms with Crippen molar-refractivity contribution in [2.75, 3.05) is 0 Å². The molecule has 8 aromatic carbocycles. The summed E-state index contributed by atoms with van der Waals surface area (Å²) in [6.07, 6.45) is 9.56. The molecule has 0 N–H and O–H groups in total. The molecule has 0 saturated carbocycles. The van der Waals surface area contributed by atoms with Crippen molar-refractivity contribution in [3.05, 3.63) is 218 Å². The molecule has 0 bridgehead atoms. The molecule has 66 heavy (non-hydrogen) atoms. The van der Waals surface area contributed by atoms with Gasteiger partial charge >= 0.3 is 0 Å². The van der Waals surface area contributed by atoms with Gasteiger partial charge in [-0.1, -0.05) is 84.9 Å². The average Bonchev–Trinajstić information content (AvgIpc) is 4.11. The van der Waals surface area contributed by atoms with Crippen LogP contribution >= 0.6 is 0 Å². The van der Waals surface area contributed by atoms with E-state index in [1.807, 2.05) is 36.9 Å². The summed E-state index contributed by atoms with van der Waals surface area (Å²) < 4.78 is 9.71. The first-order valence-corrected chi connectivity index (χ1v) is 22.8. The van der Waals surface area contributed by atoms with Crippen LogP contribution in [-0.4, -0.2) is 28.2 Å². The number of aromatic nitrogens is 6. The highest BCUT2D eigenvalue weighted by Crippen LogP contribution is 2.46. The van der Waals surface area contributed by atoms with Crippen molar-refractivity contribution >= 4 is 87.2 Å². The van der Waals surface area contributed by atoms with Gasteiger partial charge in [0.1, 0.15) is 0 Å². The van der Waals surface area contributed by atoms with Crippen LogP contribution in [0, 0.1) is 0 Å². The Labute approximate surface area is 378 Å². The molecule has 0 fully saturated rings. The van der Waals surface area contributed by atoms with E-state index in [0.717, 1.165) is 41.1 Å². The highest BCUT2D eigenvalue weighted by atomic mass is 15.0. The number of hydrogen-bond acceptors (Lipinski definition) is 2. The van der Waals surface area contributed by atoms with Gasteiger partial charge in [-0.05, 0) is 132 Å². The minimum Gasteiger partial charge on any atom is -0.309 e. The van der Waals surface area contributed by atoms with Crippen molar-refractivity contribution < 1.29 is 0 Å². The van der Waals surface area contributed by atoms with Gasteiger partial charge in [-0.25, -0.2) is 0 Å². The maximum atomic E-state index is 4.64. The number of aryl methyl sites for hydroxylation is 2. The first-order chi connectivity index (χ1) is 32.8. The monoisotopic (exact) mass is 842 g/mol. The first kappa shape index (κ1) is 35.7. The molecule has 6 aromatic heterocycles. The van der Waals surface area contributed by atoms with Gasteiger partial charge in [0.15, 0.2) is 0 Å². The second-order valence-electron chi connectivity index (χ2n) is 17.7. The SMILES string of the molecule is c1cncc(-n2c3ccc(-n4c5ccccc5c5ccccc54)cc3c3cc4c(cc32)-c2ccc3c5cc(-n6c7ccccc7c7ccccc76)ccc5n(-c5cccnc5)c3c2CC4)c1. The van der Waals surface area contributed by atoms with Crippen LogP contribution < -0.4 is 0 Å². The lowest BCUT2D eigenvalue weighted by Gasteiger charge is -2.23. The summed E-state index contributed by atoms with van der Waals surface area (Å²) in [4.78, 5) is 9.26. The molecular formula is C60H38N6. The molecule has 0 unspecified atom stereocenters. The van der Waals surface area contributed by atoms with E-state index >= 15 is 0 Å². The largest absolute Gasteiger partial charge is 0.309 e. The maximum Gasteiger partial charge on any atom is 0.0645 e. The lowest BCUT2D eigenvalue weighted by atomic mass is 9.83. The summed E-state index contributed by atoms with van der Waals surface area (Å²) in [5, 5.41) is 10.0. The second-order valence-corrected chi connectivity index (χ2v) is 17.7. The highest BCUT2D eigenvalue weighted by Gasteiger charge is 2.26. The van der Waals surface area contributed by atoms with E-state index in [9.17, 15) is 0 Å². The number of hydrogen-bond donors (Lipinski definition) is 0. The van der Waals surface area contributed by atoms with Gasteiger partial charge in [-0.15, -0.1) is 0 Å². The van der Waals surface area contributed by atoms with Gasteiger partial charge in [0, 0.05) is 66.9 Å². The van der Waals surface area contributed by atoms with E-state index in [4.69, 9.17) is 0 Å². The highest BCUT2D eigenvalue weighted by molar-refractivity contribution is 6.16. The Morgan fingerprint density at radius 3 is 1.32 bits per heavy atom. The summed E-state index contributed by atoms with van der Waals surface area (Å²) in [5.74, 6) is 0. The van der Waals surface area contributed by atoms with Crippen LogP contribution in [0.5, 0.6) is 0 Å². The molecular weight excluding hydrogens is 805 g/mol. The molecule has 308 valence electrons. The molecule has 6 heteroatoms. The van der Waals surface area contributed by atoms with Gasteiger partial charge in [-0.3, -0.25) is 9.97 Å². The Kier molecular flexibility index (Phi) is 7.24. The summed E-state index contributed by atoms with van der Waals surface area (Å²) in [5.41, 5.74) is 19.3. The van der Waals surface area contributed by atoms with Crippen molar-refractivity contribution in [1.82, 2.24) is 28.2 Å². The Bertz CT molecular complexity index is 4100. The Balaban J connectivity index is 0.974. The zero-order valence-corrected chi connectivity index (χ0v) is 35.7. The van der Waals surface area contributed by atoms with Crippen molar-refractivity contribution in [1.29, 1.82) is 0 Å². The van der Waals surface area contributed by atoms with Crippen molar-refractivity contribution in [3.8, 4) is 33.9 Å². The molecule has 0 amide bonds. The quantitative estimate of drug-likeness (QED) is 0.177. The third-order valence-corrected chi connectivity index (χ3v) is 14.4. The molecule has 0 atom stereocenters. The number of benzene rings is 8. The normalized spacial score (nSPS) is 12.7. The Hall–Kier alpha value is -8.74. The lowest BCUT2D eigenvalue weighted by molar-refractivity contribution is 0.944. The topological polar surface area (TPSA) is 45.5 Å². The molecule has 14 aromatic rings. The fourth-order valence-corrected chi connectivity index (χ4v) is 11.7. The molecule has 0 spiro atoms. The van der Waals surface area contributed by atoms with Crippen LogP contribution in [0.1, 0.15) is 11.1 Å². The lowest BCUT2D eigenvalue weighted by Crippen LogP contribution is -2.07. The third kappa shape index (κ3) is 4.84. The molecule has 0 saturated heterocycles. The Morgan fingerprint density at radius 2 is 0.773 bits per heavy atom. The second kappa shape index (κ2) is 13.4. The zero-order chi connectivity index (χ0) is 43.0. The van der Waals surface area contributed by atoms with Gasteiger partial charge in [0.25, 0.3) is 0 Å². The molecule has 6 nitrogen and oxygen atoms in total. The minimum atomic E-state index is 0.926. The van der Waals surface area contributed by atoms with Crippen LogP contribution in [0.2, 0.25) is 0 Å². The Morgan fingerprint density at radius 1 is 0.303 bits per heavy atom. The molecule has 1 aliphatic carbocycles. The summed E-state index contributed by atoms with van der Waals surface area (Å²) in [7, 11) is 0. The molecule has 15 rings (SSSR count). The number of nitrogens with zero attached hydrogens (tertiary/aromatic N) is 6. The number of pyridine rings is 2. The first-order valence-electron chi connectivity index (χ1n) is 22.8. The third-order valence-electron chi connectivity index (χ3n) is 14.4. The van der Waals surface area contributed by atoms with Crippen LogP contribution in [0.4, 0.5) is 0 Å². The fourth-order valence-electron chi connectivity index (χ4n) is 11.7. The van der Waals surface area contributed by atoms with Crippen molar-refractivity contribution in [3.63, 3.8) is 0 Å². The zero-order valence-electron chi connectivity index (χ0n) is 35.7. The predicted molar refractivity (Wildman–Crippen MR) is 272 cm³/mol. The van der Waals surface area contributed by atoms with Gasteiger partial charge < -0.3 is 18.3 Å². The van der Waals surface area contributed by atoms with Gasteiger partial charge in [0.05, 0.1) is 67.9 Å². The standard InChI is InChI=1S/C60H38N6/c1-5-17-53-43(13-1)44-14-2-6-18-54(44)63(53)38-23-28-58-51(32-38)48-26-25-42-47(60(48)66(58)41-12-10-30-62-36-41)24-21-37-31-50-52-33-39(64-55-19-7-3-15-45(55)46-16-4-8-20-56(46)64)22-27-57(52)65(59(50)34-49(37)42)40-11-9-29-61-35-40/h1-20,22-23,25-36H,21,24H2. The fraction of sp³-hybridized carbons (Fsp3) is 0.0333. The molecule has 1 aliphatic rings. The number of para-hydroxylation sites is 4. The molecule has 0 radical (unpaired) electrons. The number of rotatable bonds is 4. The smallest absolute Gasteiger partial charge is 0.0645 e. The van der Waals surface area contributed by atoms with Gasteiger partial charge in [0.2, 0.25) is 0 Å². The van der Waals surface area contributed by atoms with E-state index in [0.29, 0.717) is 0 Å². The van der Waals surface area contributed by atoms with Crippen LogP contribution in [0.3, 0.4) is 0 Å². The number of fused-ring (bicyclic) bond motifs is 16. The molecule has 6 heterocycles. The van der Waals surface area contributed by atoms with Gasteiger partial charge in [-0.2, -0.15) is 0 Å². The predicted octanol–water partition coefficient (Wildman–Crippen LogP) is 14.6. The van der Waals surface area contributed by atoms with Crippen molar-refractivity contribution in [2.45, 2.75) is 12.8 Å². The van der Waals surface area contributed by atoms with E-state index in [1.165, 1.54) is 104 Å². The summed E-state index contributed by atoms with van der Waals surface area (Å²) in [6, 6.07) is 67.1. The maximum absolute atomic E-state index is 4.64. The minimum absolute atomic E-state index is 0.926. The van der Waals surface area contributed by atoms with Crippen LogP contribution in [0.25, 0.3) is 121 Å².